The Bertz CT molecular complexity index is 706. The van der Waals surface area contributed by atoms with Crippen molar-refractivity contribution in [1.29, 1.82) is 0 Å². The number of carbonyl (C=O) groups is 2. The van der Waals surface area contributed by atoms with Gasteiger partial charge in [0.15, 0.2) is 0 Å². The molecule has 0 fully saturated rings. The monoisotopic (exact) mass is 317 g/mol. The minimum Gasteiger partial charge on any atom is -0.394 e. The number of benzene rings is 1. The maximum absolute atomic E-state index is 12.2. The van der Waals surface area contributed by atoms with E-state index in [4.69, 9.17) is 0 Å². The van der Waals surface area contributed by atoms with Crippen LogP contribution in [0.5, 0.6) is 0 Å². The lowest BCUT2D eigenvalue weighted by molar-refractivity contribution is -0.123. The summed E-state index contributed by atoms with van der Waals surface area (Å²) in [6.07, 6.45) is 1.82. The average molecular weight is 317 g/mol. The highest BCUT2D eigenvalue weighted by molar-refractivity contribution is 6.01. The molecule has 0 bridgehead atoms. The van der Waals surface area contributed by atoms with E-state index in [1.807, 2.05) is 48.9 Å². The number of nitrogens with zero attached hydrogens (tertiary/aromatic N) is 1. The normalized spacial score (nSPS) is 12.4. The van der Waals surface area contributed by atoms with Crippen LogP contribution in [0.15, 0.2) is 30.5 Å². The summed E-state index contributed by atoms with van der Waals surface area (Å²) in [4.78, 5) is 23.4. The van der Waals surface area contributed by atoms with Crippen LogP contribution in [0.2, 0.25) is 0 Å². The molecule has 0 aliphatic heterocycles. The topological polar surface area (TPSA) is 83.4 Å². The van der Waals surface area contributed by atoms with Gasteiger partial charge in [0.05, 0.1) is 23.9 Å². The Hall–Kier alpha value is -2.34. The molecule has 2 rings (SSSR count). The van der Waals surface area contributed by atoms with E-state index >= 15 is 0 Å². The van der Waals surface area contributed by atoms with E-state index in [9.17, 15) is 14.7 Å². The first-order chi connectivity index (χ1) is 10.9. The number of nitrogens with one attached hydrogen (secondary N) is 2. The Labute approximate surface area is 135 Å². The van der Waals surface area contributed by atoms with Crippen molar-refractivity contribution in [2.75, 3.05) is 11.9 Å². The van der Waals surface area contributed by atoms with Gasteiger partial charge in [-0.05, 0) is 24.1 Å². The van der Waals surface area contributed by atoms with Crippen molar-refractivity contribution in [3.05, 3.63) is 30.5 Å². The standard InChI is InChI=1S/C17H23N3O3/c1-11(2)15(10-21)19-17(23)9-20-8-7-13-14(18-12(3)22)5-4-6-16(13)20/h4-8,11,15,21H,9-10H2,1-3H3,(H,18,22)(H,19,23)/t15-/m1/s1. The van der Waals surface area contributed by atoms with Crippen LogP contribution in [-0.4, -0.2) is 34.1 Å². The Morgan fingerprint density at radius 3 is 2.61 bits per heavy atom. The predicted octanol–water partition coefficient (Wildman–Crippen LogP) is 1.73. The molecule has 1 atom stereocenters. The molecular formula is C17H23N3O3. The van der Waals surface area contributed by atoms with Gasteiger partial charge < -0.3 is 20.3 Å². The molecule has 3 N–H and O–H groups in total. The molecule has 6 heteroatoms. The number of aliphatic hydroxyl groups excluding tert-OH is 1. The molecule has 0 saturated carbocycles. The molecule has 0 saturated heterocycles. The van der Waals surface area contributed by atoms with E-state index < -0.39 is 0 Å². The molecule has 124 valence electrons. The molecule has 0 radical (unpaired) electrons. The second-order valence-corrected chi connectivity index (χ2v) is 5.96. The zero-order valence-corrected chi connectivity index (χ0v) is 13.7. The van der Waals surface area contributed by atoms with Crippen molar-refractivity contribution in [2.45, 2.75) is 33.4 Å². The zero-order valence-electron chi connectivity index (χ0n) is 13.7. The largest absolute Gasteiger partial charge is 0.394 e. The molecule has 0 aliphatic rings. The van der Waals surface area contributed by atoms with Gasteiger partial charge in [-0.25, -0.2) is 0 Å². The third-order valence-electron chi connectivity index (χ3n) is 3.79. The Kier molecular flexibility index (Phi) is 5.39. The molecule has 1 aromatic heterocycles. The zero-order chi connectivity index (χ0) is 17.0. The van der Waals surface area contributed by atoms with Crippen LogP contribution in [0.1, 0.15) is 20.8 Å². The summed E-state index contributed by atoms with van der Waals surface area (Å²) in [6, 6.07) is 7.19. The van der Waals surface area contributed by atoms with E-state index in [2.05, 4.69) is 10.6 Å². The van der Waals surface area contributed by atoms with E-state index in [-0.39, 0.29) is 36.9 Å². The van der Waals surface area contributed by atoms with Crippen LogP contribution in [0, 0.1) is 5.92 Å². The van der Waals surface area contributed by atoms with Gasteiger partial charge >= 0.3 is 0 Å². The van der Waals surface area contributed by atoms with Gasteiger partial charge in [-0.2, -0.15) is 0 Å². The molecule has 0 spiro atoms. The van der Waals surface area contributed by atoms with Crippen molar-refractivity contribution in [3.63, 3.8) is 0 Å². The number of carbonyl (C=O) groups excluding carboxylic acids is 2. The van der Waals surface area contributed by atoms with E-state index in [0.29, 0.717) is 0 Å². The number of hydrogen-bond donors (Lipinski definition) is 3. The third-order valence-corrected chi connectivity index (χ3v) is 3.79. The maximum atomic E-state index is 12.2. The first kappa shape index (κ1) is 17.0. The molecule has 0 aliphatic carbocycles. The highest BCUT2D eigenvalue weighted by Gasteiger charge is 2.16. The maximum Gasteiger partial charge on any atom is 0.240 e. The van der Waals surface area contributed by atoms with Crippen molar-refractivity contribution in [1.82, 2.24) is 9.88 Å². The molecule has 2 amide bonds. The second kappa shape index (κ2) is 7.28. The van der Waals surface area contributed by atoms with Crippen molar-refractivity contribution in [2.24, 2.45) is 5.92 Å². The van der Waals surface area contributed by atoms with Gasteiger partial charge in [0, 0.05) is 18.5 Å². The van der Waals surface area contributed by atoms with Gasteiger partial charge in [-0.1, -0.05) is 19.9 Å². The van der Waals surface area contributed by atoms with E-state index in [0.717, 1.165) is 16.6 Å². The van der Waals surface area contributed by atoms with Gasteiger partial charge in [0.1, 0.15) is 6.54 Å². The van der Waals surface area contributed by atoms with Crippen molar-refractivity contribution in [3.8, 4) is 0 Å². The molecule has 0 unspecified atom stereocenters. The minimum atomic E-state index is -0.251. The SMILES string of the molecule is CC(=O)Nc1cccc2c1ccn2CC(=O)N[C@H](CO)C(C)C. The lowest BCUT2D eigenvalue weighted by Gasteiger charge is -2.20. The van der Waals surface area contributed by atoms with Gasteiger partial charge in [-0.3, -0.25) is 9.59 Å². The summed E-state index contributed by atoms with van der Waals surface area (Å²) in [7, 11) is 0. The lowest BCUT2D eigenvalue weighted by Crippen LogP contribution is -2.42. The first-order valence-electron chi connectivity index (χ1n) is 7.68. The number of aromatic nitrogens is 1. The van der Waals surface area contributed by atoms with E-state index in [1.165, 1.54) is 6.92 Å². The summed E-state index contributed by atoms with van der Waals surface area (Å²) in [5.41, 5.74) is 1.60. The fourth-order valence-electron chi connectivity index (χ4n) is 2.49. The second-order valence-electron chi connectivity index (χ2n) is 5.96. The van der Waals surface area contributed by atoms with Crippen LogP contribution >= 0.6 is 0 Å². The van der Waals surface area contributed by atoms with Gasteiger partial charge in [0.2, 0.25) is 11.8 Å². The van der Waals surface area contributed by atoms with Gasteiger partial charge in [0.25, 0.3) is 0 Å². The summed E-state index contributed by atoms with van der Waals surface area (Å²) in [6.45, 7) is 5.45. The predicted molar refractivity (Wildman–Crippen MR) is 90.1 cm³/mol. The number of rotatable bonds is 6. The van der Waals surface area contributed by atoms with Crippen LogP contribution in [0.25, 0.3) is 10.9 Å². The highest BCUT2D eigenvalue weighted by atomic mass is 16.3. The quantitative estimate of drug-likeness (QED) is 0.759. The van der Waals surface area contributed by atoms with Crippen LogP contribution < -0.4 is 10.6 Å². The average Bonchev–Trinajstić information content (AvgIpc) is 2.88. The summed E-state index contributed by atoms with van der Waals surface area (Å²) in [5.74, 6) is -0.123. The number of hydrogen-bond acceptors (Lipinski definition) is 3. The highest BCUT2D eigenvalue weighted by Crippen LogP contribution is 2.24. The van der Waals surface area contributed by atoms with Crippen molar-refractivity contribution < 1.29 is 14.7 Å². The minimum absolute atomic E-state index is 0.0808. The number of amides is 2. The molecule has 2 aromatic rings. The van der Waals surface area contributed by atoms with Gasteiger partial charge in [-0.15, -0.1) is 0 Å². The molecule has 6 nitrogen and oxygen atoms in total. The Morgan fingerprint density at radius 1 is 1.26 bits per heavy atom. The van der Waals surface area contributed by atoms with Crippen LogP contribution in [0.3, 0.4) is 0 Å². The fourth-order valence-corrected chi connectivity index (χ4v) is 2.49. The van der Waals surface area contributed by atoms with Crippen LogP contribution in [0.4, 0.5) is 5.69 Å². The Balaban J connectivity index is 2.18. The molecule has 1 heterocycles. The number of anilines is 1. The molecular weight excluding hydrogens is 294 g/mol. The summed E-state index contributed by atoms with van der Waals surface area (Å²) >= 11 is 0. The van der Waals surface area contributed by atoms with Crippen molar-refractivity contribution >= 4 is 28.4 Å². The summed E-state index contributed by atoms with van der Waals surface area (Å²) < 4.78 is 1.82. The Morgan fingerprint density at radius 2 is 2.00 bits per heavy atom. The van der Waals surface area contributed by atoms with Crippen LogP contribution in [-0.2, 0) is 16.1 Å². The lowest BCUT2D eigenvalue weighted by atomic mass is 10.1. The molecule has 23 heavy (non-hydrogen) atoms. The van der Waals surface area contributed by atoms with E-state index in [1.54, 1.807) is 0 Å². The summed E-state index contributed by atoms with van der Waals surface area (Å²) in [5, 5.41) is 15.8. The smallest absolute Gasteiger partial charge is 0.240 e. The number of aliphatic hydroxyl groups is 1. The number of fused-ring (bicyclic) bond motifs is 1. The third kappa shape index (κ3) is 4.10. The fraction of sp³-hybridized carbons (Fsp3) is 0.412. The first-order valence-corrected chi connectivity index (χ1v) is 7.68. The molecule has 1 aromatic carbocycles.